The highest BCUT2D eigenvalue weighted by Gasteiger charge is 2.20. The summed E-state index contributed by atoms with van der Waals surface area (Å²) in [6.45, 7) is 2.85. The van der Waals surface area contributed by atoms with Gasteiger partial charge in [0.15, 0.2) is 0 Å². The van der Waals surface area contributed by atoms with Crippen molar-refractivity contribution in [2.45, 2.75) is 18.9 Å². The number of methoxy groups -OCH3 is 1. The van der Waals surface area contributed by atoms with Gasteiger partial charge in [-0.15, -0.1) is 0 Å². The van der Waals surface area contributed by atoms with Gasteiger partial charge in [-0.1, -0.05) is 13.0 Å². The fraction of sp³-hybridized carbons (Fsp3) is 0.538. The SMILES string of the molecule is COc1ccc(C(C)C(CN)N(C)C)cc1Br. The molecule has 3 nitrogen and oxygen atoms in total. The van der Waals surface area contributed by atoms with Crippen LogP contribution in [0.3, 0.4) is 0 Å². The highest BCUT2D eigenvalue weighted by atomic mass is 79.9. The van der Waals surface area contributed by atoms with Gasteiger partial charge in [-0.25, -0.2) is 0 Å². The number of hydrogen-bond donors (Lipinski definition) is 1. The lowest BCUT2D eigenvalue weighted by Crippen LogP contribution is -2.39. The van der Waals surface area contributed by atoms with Crippen LogP contribution in [0.2, 0.25) is 0 Å². The molecule has 0 aliphatic carbocycles. The van der Waals surface area contributed by atoms with Crippen molar-refractivity contribution < 1.29 is 4.74 Å². The Labute approximate surface area is 112 Å². The molecule has 0 fully saturated rings. The first kappa shape index (κ1) is 14.5. The van der Waals surface area contributed by atoms with Gasteiger partial charge in [0.2, 0.25) is 0 Å². The summed E-state index contributed by atoms with van der Waals surface area (Å²) in [5.41, 5.74) is 7.09. The Morgan fingerprint density at radius 2 is 2.06 bits per heavy atom. The maximum absolute atomic E-state index is 5.83. The second-order valence-corrected chi connectivity index (χ2v) is 5.30. The number of hydrogen-bond acceptors (Lipinski definition) is 3. The second kappa shape index (κ2) is 6.38. The minimum atomic E-state index is 0.343. The molecule has 0 amide bonds. The summed E-state index contributed by atoms with van der Waals surface area (Å²) in [6, 6.07) is 6.53. The van der Waals surface area contributed by atoms with E-state index < -0.39 is 0 Å². The van der Waals surface area contributed by atoms with Gasteiger partial charge in [-0.05, 0) is 53.6 Å². The number of ether oxygens (including phenoxy) is 1. The summed E-state index contributed by atoms with van der Waals surface area (Å²) < 4.78 is 6.22. The molecule has 2 atom stereocenters. The van der Waals surface area contributed by atoms with E-state index in [4.69, 9.17) is 10.5 Å². The average molecular weight is 301 g/mol. The van der Waals surface area contributed by atoms with E-state index in [1.165, 1.54) is 5.56 Å². The van der Waals surface area contributed by atoms with Crippen molar-refractivity contribution in [2.75, 3.05) is 27.7 Å². The quantitative estimate of drug-likeness (QED) is 0.908. The molecule has 0 bridgehead atoms. The molecule has 1 aromatic rings. The topological polar surface area (TPSA) is 38.5 Å². The largest absolute Gasteiger partial charge is 0.496 e. The van der Waals surface area contributed by atoms with Gasteiger partial charge in [-0.2, -0.15) is 0 Å². The van der Waals surface area contributed by atoms with E-state index in [1.807, 2.05) is 6.07 Å². The zero-order chi connectivity index (χ0) is 13.0. The predicted octanol–water partition coefficient (Wildman–Crippen LogP) is 2.45. The molecule has 4 heteroatoms. The van der Waals surface area contributed by atoms with Gasteiger partial charge in [0.1, 0.15) is 5.75 Å². The highest BCUT2D eigenvalue weighted by molar-refractivity contribution is 9.10. The maximum atomic E-state index is 5.83. The van der Waals surface area contributed by atoms with Gasteiger partial charge >= 0.3 is 0 Å². The highest BCUT2D eigenvalue weighted by Crippen LogP contribution is 2.30. The van der Waals surface area contributed by atoms with Crippen molar-refractivity contribution in [3.8, 4) is 5.75 Å². The third kappa shape index (κ3) is 3.44. The van der Waals surface area contributed by atoms with E-state index in [9.17, 15) is 0 Å². The van der Waals surface area contributed by atoms with Crippen LogP contribution in [0.5, 0.6) is 5.75 Å². The molecule has 1 aromatic carbocycles. The fourth-order valence-corrected chi connectivity index (χ4v) is 2.61. The Hall–Kier alpha value is -0.580. The first-order valence-corrected chi connectivity index (χ1v) is 6.50. The normalized spacial score (nSPS) is 14.8. The lowest BCUT2D eigenvalue weighted by atomic mass is 9.92. The van der Waals surface area contributed by atoms with Crippen molar-refractivity contribution in [3.63, 3.8) is 0 Å². The van der Waals surface area contributed by atoms with Crippen molar-refractivity contribution in [2.24, 2.45) is 5.73 Å². The van der Waals surface area contributed by atoms with Crippen LogP contribution in [0, 0.1) is 0 Å². The van der Waals surface area contributed by atoms with Crippen LogP contribution in [0.4, 0.5) is 0 Å². The van der Waals surface area contributed by atoms with Crippen LogP contribution in [0.15, 0.2) is 22.7 Å². The number of nitrogens with zero attached hydrogens (tertiary/aromatic N) is 1. The minimum Gasteiger partial charge on any atom is -0.496 e. The molecule has 0 aliphatic rings. The Balaban J connectivity index is 2.95. The summed E-state index contributed by atoms with van der Waals surface area (Å²) in [6.07, 6.45) is 0. The predicted molar refractivity (Wildman–Crippen MR) is 75.6 cm³/mol. The molecule has 96 valence electrons. The summed E-state index contributed by atoms with van der Waals surface area (Å²) in [7, 11) is 5.80. The zero-order valence-corrected chi connectivity index (χ0v) is 12.5. The molecule has 1 rings (SSSR count). The Morgan fingerprint density at radius 3 is 2.47 bits per heavy atom. The van der Waals surface area contributed by atoms with Crippen molar-refractivity contribution in [3.05, 3.63) is 28.2 Å². The van der Waals surface area contributed by atoms with E-state index in [0.717, 1.165) is 10.2 Å². The van der Waals surface area contributed by atoms with E-state index >= 15 is 0 Å². The third-order valence-electron chi connectivity index (χ3n) is 3.18. The number of halogens is 1. The molecule has 17 heavy (non-hydrogen) atoms. The molecule has 0 spiro atoms. The average Bonchev–Trinajstić information content (AvgIpc) is 2.29. The Kier molecular flexibility index (Phi) is 5.43. The van der Waals surface area contributed by atoms with Gasteiger partial charge in [0, 0.05) is 12.6 Å². The van der Waals surface area contributed by atoms with Gasteiger partial charge < -0.3 is 15.4 Å². The molecule has 2 N–H and O–H groups in total. The molecule has 2 unspecified atom stereocenters. The summed E-state index contributed by atoms with van der Waals surface area (Å²) in [4.78, 5) is 2.17. The third-order valence-corrected chi connectivity index (χ3v) is 3.80. The van der Waals surface area contributed by atoms with Crippen molar-refractivity contribution >= 4 is 15.9 Å². The standard InChI is InChI=1S/C13H21BrN2O/c1-9(12(8-15)16(2)3)10-5-6-13(17-4)11(14)7-10/h5-7,9,12H,8,15H2,1-4H3. The molecule has 0 saturated carbocycles. The van der Waals surface area contributed by atoms with Crippen LogP contribution in [-0.4, -0.2) is 38.7 Å². The van der Waals surface area contributed by atoms with Gasteiger partial charge in [-0.3, -0.25) is 0 Å². The molecule has 0 radical (unpaired) electrons. The Bertz CT molecular complexity index is 368. The first-order valence-electron chi connectivity index (χ1n) is 5.71. The van der Waals surface area contributed by atoms with Crippen LogP contribution in [0.1, 0.15) is 18.4 Å². The lowest BCUT2D eigenvalue weighted by Gasteiger charge is -2.29. The summed E-state index contributed by atoms with van der Waals surface area (Å²) in [5.74, 6) is 1.24. The van der Waals surface area contributed by atoms with Crippen LogP contribution >= 0.6 is 15.9 Å². The monoisotopic (exact) mass is 300 g/mol. The number of rotatable bonds is 5. The second-order valence-electron chi connectivity index (χ2n) is 4.45. The van der Waals surface area contributed by atoms with E-state index in [2.05, 4.69) is 54.0 Å². The zero-order valence-electron chi connectivity index (χ0n) is 10.9. The van der Waals surface area contributed by atoms with Gasteiger partial charge in [0.25, 0.3) is 0 Å². The molecule has 0 saturated heterocycles. The maximum Gasteiger partial charge on any atom is 0.133 e. The van der Waals surface area contributed by atoms with E-state index in [0.29, 0.717) is 18.5 Å². The smallest absolute Gasteiger partial charge is 0.133 e. The minimum absolute atomic E-state index is 0.343. The summed E-state index contributed by atoms with van der Waals surface area (Å²) >= 11 is 3.51. The number of likely N-dealkylation sites (N-methyl/N-ethyl adjacent to an activating group) is 1. The first-order chi connectivity index (χ1) is 8.01. The fourth-order valence-electron chi connectivity index (χ4n) is 2.05. The van der Waals surface area contributed by atoms with Crippen LogP contribution in [0.25, 0.3) is 0 Å². The molecular weight excluding hydrogens is 280 g/mol. The van der Waals surface area contributed by atoms with Crippen LogP contribution < -0.4 is 10.5 Å². The molecule has 0 heterocycles. The van der Waals surface area contributed by atoms with Crippen LogP contribution in [-0.2, 0) is 0 Å². The van der Waals surface area contributed by atoms with E-state index in [-0.39, 0.29) is 0 Å². The van der Waals surface area contributed by atoms with Crippen molar-refractivity contribution in [1.29, 1.82) is 0 Å². The molecule has 0 aromatic heterocycles. The number of benzene rings is 1. The molecule has 0 aliphatic heterocycles. The lowest BCUT2D eigenvalue weighted by molar-refractivity contribution is 0.266. The van der Waals surface area contributed by atoms with Crippen molar-refractivity contribution in [1.82, 2.24) is 4.90 Å². The van der Waals surface area contributed by atoms with Gasteiger partial charge in [0.05, 0.1) is 11.6 Å². The molecular formula is C13H21BrN2O. The van der Waals surface area contributed by atoms with E-state index in [1.54, 1.807) is 7.11 Å². The number of nitrogens with two attached hydrogens (primary N) is 1. The summed E-state index contributed by atoms with van der Waals surface area (Å²) in [5, 5.41) is 0. The Morgan fingerprint density at radius 1 is 1.41 bits per heavy atom.